The number of carbonyl (C=O) groups excluding carboxylic acids is 1. The van der Waals surface area contributed by atoms with Crippen molar-refractivity contribution in [2.45, 2.75) is 36.6 Å². The second-order valence-corrected chi connectivity index (χ2v) is 11.0. The Bertz CT molecular complexity index is 1240. The van der Waals surface area contributed by atoms with Crippen molar-refractivity contribution in [3.05, 3.63) is 58.7 Å². The Morgan fingerprint density at radius 1 is 1.38 bits per heavy atom. The Balaban J connectivity index is 1.74. The highest BCUT2D eigenvalue weighted by Gasteiger charge is 2.39. The molecule has 0 spiro atoms. The highest BCUT2D eigenvalue weighted by molar-refractivity contribution is 7.91. The van der Waals surface area contributed by atoms with Gasteiger partial charge in [-0.05, 0) is 48.9 Å². The van der Waals surface area contributed by atoms with Gasteiger partial charge in [0, 0.05) is 13.1 Å². The number of carbonyl (C=O) groups is 1. The number of nitrogens with zero attached hydrogens (tertiary/aromatic N) is 3. The molecule has 9 heteroatoms. The molecule has 0 radical (unpaired) electrons. The third-order valence-electron chi connectivity index (χ3n) is 4.90. The van der Waals surface area contributed by atoms with E-state index in [1.807, 2.05) is 23.6 Å². The second-order valence-electron chi connectivity index (χ2n) is 6.91. The first-order valence-corrected chi connectivity index (χ1v) is 12.4. The van der Waals surface area contributed by atoms with Crippen molar-refractivity contribution in [1.29, 1.82) is 0 Å². The molecular weight excluding hydrogens is 426 g/mol. The average Bonchev–Trinajstić information content (AvgIpc) is 3.42. The number of thiazole rings is 1. The normalized spacial score (nSPS) is 18.5. The molecule has 1 amide bonds. The van der Waals surface area contributed by atoms with Gasteiger partial charge in [-0.2, -0.15) is 9.30 Å². The van der Waals surface area contributed by atoms with Crippen LogP contribution in [0.25, 0.3) is 10.2 Å². The lowest BCUT2D eigenvalue weighted by atomic mass is 10.2. The van der Waals surface area contributed by atoms with Crippen LogP contribution in [-0.4, -0.2) is 35.8 Å². The Kier molecular flexibility index (Phi) is 5.56. The molecule has 1 aromatic carbocycles. The molecule has 1 saturated heterocycles. The van der Waals surface area contributed by atoms with E-state index in [2.05, 4.69) is 17.6 Å². The van der Waals surface area contributed by atoms with Gasteiger partial charge in [-0.3, -0.25) is 4.79 Å². The molecule has 2 aromatic heterocycles. The van der Waals surface area contributed by atoms with Crippen LogP contribution in [-0.2, 0) is 21.4 Å². The third-order valence-corrected chi connectivity index (χ3v) is 9.22. The molecule has 3 aromatic rings. The molecule has 0 bridgehead atoms. The lowest BCUT2D eigenvalue weighted by Gasteiger charge is -2.20. The van der Waals surface area contributed by atoms with Gasteiger partial charge < -0.3 is 4.57 Å². The molecule has 0 N–H and O–H groups in total. The van der Waals surface area contributed by atoms with Gasteiger partial charge in [0.15, 0.2) is 4.80 Å². The summed E-state index contributed by atoms with van der Waals surface area (Å²) in [6.45, 7) is 6.68. The average molecular weight is 448 g/mol. The number of sulfonamides is 1. The third kappa shape index (κ3) is 3.75. The zero-order chi connectivity index (χ0) is 20.6. The van der Waals surface area contributed by atoms with E-state index in [1.54, 1.807) is 23.6 Å². The Morgan fingerprint density at radius 3 is 2.93 bits per heavy atom. The van der Waals surface area contributed by atoms with Crippen LogP contribution in [0, 0.1) is 6.92 Å². The summed E-state index contributed by atoms with van der Waals surface area (Å²) in [5.41, 5.74) is 2.12. The van der Waals surface area contributed by atoms with Gasteiger partial charge in [0.1, 0.15) is 10.3 Å². The Hall–Kier alpha value is -2.07. The number of benzene rings is 1. The highest BCUT2D eigenvalue weighted by atomic mass is 32.2. The number of allylic oxidation sites excluding steroid dienone is 1. The van der Waals surface area contributed by atoms with Crippen LogP contribution in [0.1, 0.15) is 18.4 Å². The fraction of sp³-hybridized carbons (Fsp3) is 0.300. The molecule has 152 valence electrons. The maximum Gasteiger partial charge on any atom is 0.266 e. The van der Waals surface area contributed by atoms with Crippen molar-refractivity contribution in [3.8, 4) is 0 Å². The molecule has 6 nitrogen and oxygen atoms in total. The van der Waals surface area contributed by atoms with Gasteiger partial charge in [-0.1, -0.05) is 29.5 Å². The van der Waals surface area contributed by atoms with Crippen molar-refractivity contribution in [1.82, 2.24) is 8.87 Å². The molecule has 1 aliphatic heterocycles. The van der Waals surface area contributed by atoms with Gasteiger partial charge in [-0.25, -0.2) is 8.42 Å². The largest absolute Gasteiger partial charge is 0.313 e. The maximum atomic E-state index is 13.0. The lowest BCUT2D eigenvalue weighted by Crippen LogP contribution is -2.40. The van der Waals surface area contributed by atoms with Crippen LogP contribution >= 0.6 is 22.7 Å². The van der Waals surface area contributed by atoms with Crippen LogP contribution in [0.2, 0.25) is 0 Å². The van der Waals surface area contributed by atoms with E-state index in [4.69, 9.17) is 0 Å². The minimum Gasteiger partial charge on any atom is -0.313 e. The summed E-state index contributed by atoms with van der Waals surface area (Å²) in [7, 11) is -3.68. The summed E-state index contributed by atoms with van der Waals surface area (Å²) in [6, 6.07) is 8.61. The van der Waals surface area contributed by atoms with Crippen molar-refractivity contribution in [2.75, 3.05) is 6.54 Å². The van der Waals surface area contributed by atoms with Crippen molar-refractivity contribution < 1.29 is 13.2 Å². The monoisotopic (exact) mass is 447 g/mol. The van der Waals surface area contributed by atoms with E-state index in [0.29, 0.717) is 30.7 Å². The number of hydrogen-bond acceptors (Lipinski definition) is 5. The van der Waals surface area contributed by atoms with Crippen LogP contribution < -0.4 is 4.80 Å². The van der Waals surface area contributed by atoms with E-state index in [-0.39, 0.29) is 4.21 Å². The molecule has 1 aliphatic rings. The number of aryl methyl sites for hydroxylation is 1. The van der Waals surface area contributed by atoms with Crippen molar-refractivity contribution >= 4 is 48.8 Å². The molecule has 4 rings (SSSR count). The van der Waals surface area contributed by atoms with E-state index in [9.17, 15) is 13.2 Å². The molecule has 1 atom stereocenters. The van der Waals surface area contributed by atoms with E-state index in [0.717, 1.165) is 27.1 Å². The molecule has 0 saturated carbocycles. The van der Waals surface area contributed by atoms with E-state index >= 15 is 0 Å². The summed E-state index contributed by atoms with van der Waals surface area (Å²) < 4.78 is 30.4. The summed E-state index contributed by atoms with van der Waals surface area (Å²) in [5, 5.41) is 1.72. The first-order chi connectivity index (χ1) is 13.9. The van der Waals surface area contributed by atoms with Gasteiger partial charge in [0.25, 0.3) is 15.9 Å². The Morgan fingerprint density at radius 2 is 2.21 bits per heavy atom. The topological polar surface area (TPSA) is 71.7 Å². The summed E-state index contributed by atoms with van der Waals surface area (Å²) in [6.07, 6.45) is 2.89. The zero-order valence-electron chi connectivity index (χ0n) is 15.9. The standard InChI is InChI=1S/C20H21N3O3S3/c1-3-10-22-15-9-8-14(2)13-17(15)28-20(22)21-19(24)16-6-4-11-23(16)29(25,26)18-7-5-12-27-18/h3,5,7-9,12-13,16H,1,4,6,10-11H2,2H3. The van der Waals surface area contributed by atoms with Gasteiger partial charge in [-0.15, -0.1) is 17.9 Å². The van der Waals surface area contributed by atoms with Crippen molar-refractivity contribution in [2.24, 2.45) is 4.99 Å². The predicted molar refractivity (Wildman–Crippen MR) is 117 cm³/mol. The minimum atomic E-state index is -3.68. The molecule has 3 heterocycles. The second kappa shape index (κ2) is 7.98. The SMILES string of the molecule is C=CCn1c(=NC(=O)C2CCCN2S(=O)(=O)c2cccs2)sc2cc(C)ccc21. The van der Waals surface area contributed by atoms with Crippen LogP contribution in [0.15, 0.2) is 57.6 Å². The molecule has 29 heavy (non-hydrogen) atoms. The van der Waals surface area contributed by atoms with Gasteiger partial charge in [0.05, 0.1) is 10.2 Å². The number of aromatic nitrogens is 1. The predicted octanol–water partition coefficient (Wildman–Crippen LogP) is 3.54. The smallest absolute Gasteiger partial charge is 0.266 e. The number of amides is 1. The van der Waals surface area contributed by atoms with Crippen molar-refractivity contribution in [3.63, 3.8) is 0 Å². The number of thiophene rings is 1. The zero-order valence-corrected chi connectivity index (χ0v) is 18.4. The van der Waals surface area contributed by atoms with Crippen LogP contribution in [0.3, 0.4) is 0 Å². The minimum absolute atomic E-state index is 0.260. The first kappa shape index (κ1) is 20.2. The summed E-state index contributed by atoms with van der Waals surface area (Å²) in [5.74, 6) is -0.413. The Labute approximate surface area is 177 Å². The molecule has 1 unspecified atom stereocenters. The van der Waals surface area contributed by atoms with E-state index < -0.39 is 22.0 Å². The van der Waals surface area contributed by atoms with Gasteiger partial charge in [0.2, 0.25) is 0 Å². The maximum absolute atomic E-state index is 13.0. The molecule has 0 aliphatic carbocycles. The number of rotatable bonds is 5. The number of fused-ring (bicyclic) bond motifs is 1. The number of hydrogen-bond donors (Lipinski definition) is 0. The summed E-state index contributed by atoms with van der Waals surface area (Å²) >= 11 is 2.60. The highest BCUT2D eigenvalue weighted by Crippen LogP contribution is 2.29. The lowest BCUT2D eigenvalue weighted by molar-refractivity contribution is -0.121. The summed E-state index contributed by atoms with van der Waals surface area (Å²) in [4.78, 5) is 18.0. The quantitative estimate of drug-likeness (QED) is 0.562. The fourth-order valence-electron chi connectivity index (χ4n) is 3.54. The fourth-order valence-corrected chi connectivity index (χ4v) is 7.45. The van der Waals surface area contributed by atoms with E-state index in [1.165, 1.54) is 15.6 Å². The first-order valence-electron chi connectivity index (χ1n) is 9.26. The molecular formula is C20H21N3O3S3. The van der Waals surface area contributed by atoms with Gasteiger partial charge >= 0.3 is 0 Å². The van der Waals surface area contributed by atoms with Crippen LogP contribution in [0.5, 0.6) is 0 Å². The molecule has 1 fully saturated rings. The van der Waals surface area contributed by atoms with Crippen LogP contribution in [0.4, 0.5) is 0 Å².